The summed E-state index contributed by atoms with van der Waals surface area (Å²) >= 11 is 6.09. The highest BCUT2D eigenvalue weighted by Gasteiger charge is 2.13. The van der Waals surface area contributed by atoms with Crippen LogP contribution in [0.15, 0.2) is 18.3 Å². The van der Waals surface area contributed by atoms with Gasteiger partial charge in [-0.3, -0.25) is 4.40 Å². The van der Waals surface area contributed by atoms with E-state index in [0.717, 1.165) is 29.8 Å². The minimum atomic E-state index is 0.361. The zero-order chi connectivity index (χ0) is 11.8. The van der Waals surface area contributed by atoms with Crippen LogP contribution < -0.4 is 0 Å². The van der Waals surface area contributed by atoms with Gasteiger partial charge in [0, 0.05) is 12.6 Å². The van der Waals surface area contributed by atoms with Crippen LogP contribution in [0.5, 0.6) is 0 Å². The molecular weight excluding hydrogens is 238 g/mol. The zero-order valence-electron chi connectivity index (χ0n) is 9.26. The van der Waals surface area contributed by atoms with E-state index in [1.54, 1.807) is 6.20 Å². The van der Waals surface area contributed by atoms with Crippen molar-refractivity contribution in [1.29, 1.82) is 0 Å². The van der Waals surface area contributed by atoms with E-state index < -0.39 is 0 Å². The van der Waals surface area contributed by atoms with Gasteiger partial charge in [0.25, 0.3) is 0 Å². The second-order valence-electron chi connectivity index (χ2n) is 3.77. The molecule has 0 bridgehead atoms. The second-order valence-corrected chi connectivity index (χ2v) is 4.13. The van der Waals surface area contributed by atoms with Gasteiger partial charge >= 0.3 is 0 Å². The van der Waals surface area contributed by atoms with Gasteiger partial charge in [-0.2, -0.15) is 0 Å². The average Bonchev–Trinajstić information content (AvgIpc) is 2.75. The molecule has 3 aromatic rings. The van der Waals surface area contributed by atoms with Crippen LogP contribution in [0.4, 0.5) is 0 Å². The van der Waals surface area contributed by atoms with Gasteiger partial charge in [-0.1, -0.05) is 18.5 Å². The molecule has 0 unspecified atom stereocenters. The SMILES string of the molecule is CCCc1nnc2c(Cl)nc3cccnc3n12. The van der Waals surface area contributed by atoms with Gasteiger partial charge in [0.2, 0.25) is 0 Å². The van der Waals surface area contributed by atoms with Crippen molar-refractivity contribution in [1.82, 2.24) is 24.6 Å². The van der Waals surface area contributed by atoms with Gasteiger partial charge in [-0.05, 0) is 18.6 Å². The summed E-state index contributed by atoms with van der Waals surface area (Å²) < 4.78 is 1.88. The van der Waals surface area contributed by atoms with E-state index in [9.17, 15) is 0 Å². The number of pyridine rings is 1. The monoisotopic (exact) mass is 247 g/mol. The number of hydrogen-bond acceptors (Lipinski definition) is 4. The van der Waals surface area contributed by atoms with Gasteiger partial charge in [0.05, 0.1) is 0 Å². The minimum Gasteiger partial charge on any atom is -0.258 e. The Bertz CT molecular complexity index is 691. The summed E-state index contributed by atoms with van der Waals surface area (Å²) in [6.07, 6.45) is 3.56. The lowest BCUT2D eigenvalue weighted by Crippen LogP contribution is -1.99. The predicted molar refractivity (Wildman–Crippen MR) is 65.1 cm³/mol. The number of hydrogen-bond donors (Lipinski definition) is 0. The van der Waals surface area contributed by atoms with Crippen molar-refractivity contribution >= 4 is 28.4 Å². The molecule has 0 radical (unpaired) electrons. The molecular formula is C11H10ClN5. The molecule has 0 amide bonds. The first kappa shape index (κ1) is 10.4. The topological polar surface area (TPSA) is 56.0 Å². The summed E-state index contributed by atoms with van der Waals surface area (Å²) in [5.74, 6) is 0.871. The van der Waals surface area contributed by atoms with Gasteiger partial charge in [-0.15, -0.1) is 10.2 Å². The Kier molecular flexibility index (Phi) is 2.40. The maximum Gasteiger partial charge on any atom is 0.200 e. The summed E-state index contributed by atoms with van der Waals surface area (Å²) in [6.45, 7) is 2.10. The molecule has 6 heteroatoms. The van der Waals surface area contributed by atoms with Crippen LogP contribution in [0.3, 0.4) is 0 Å². The van der Waals surface area contributed by atoms with Crippen LogP contribution in [0, 0.1) is 0 Å². The quantitative estimate of drug-likeness (QED) is 0.697. The first-order valence-electron chi connectivity index (χ1n) is 5.45. The number of halogens is 1. The van der Waals surface area contributed by atoms with Gasteiger partial charge in [0.15, 0.2) is 16.4 Å². The van der Waals surface area contributed by atoms with E-state index in [-0.39, 0.29) is 0 Å². The summed E-state index contributed by atoms with van der Waals surface area (Å²) in [5, 5.41) is 8.57. The number of nitrogens with zero attached hydrogens (tertiary/aromatic N) is 5. The smallest absolute Gasteiger partial charge is 0.200 e. The predicted octanol–water partition coefficient (Wildman–Crippen LogP) is 2.28. The fourth-order valence-electron chi connectivity index (χ4n) is 1.86. The molecule has 3 rings (SSSR count). The van der Waals surface area contributed by atoms with Crippen LogP contribution in [-0.2, 0) is 6.42 Å². The fourth-order valence-corrected chi connectivity index (χ4v) is 2.08. The molecule has 0 N–H and O–H groups in total. The number of aryl methyl sites for hydroxylation is 1. The second kappa shape index (κ2) is 3.92. The molecule has 0 aromatic carbocycles. The molecule has 17 heavy (non-hydrogen) atoms. The van der Waals surface area contributed by atoms with Gasteiger partial charge in [-0.25, -0.2) is 9.97 Å². The van der Waals surface area contributed by atoms with Crippen molar-refractivity contribution in [2.24, 2.45) is 0 Å². The molecule has 5 nitrogen and oxygen atoms in total. The molecule has 0 aliphatic carbocycles. The third-order valence-electron chi connectivity index (χ3n) is 2.58. The van der Waals surface area contributed by atoms with Crippen molar-refractivity contribution in [2.75, 3.05) is 0 Å². The van der Waals surface area contributed by atoms with E-state index in [1.165, 1.54) is 0 Å². The van der Waals surface area contributed by atoms with E-state index in [1.807, 2.05) is 16.5 Å². The highest BCUT2D eigenvalue weighted by atomic mass is 35.5. The van der Waals surface area contributed by atoms with Crippen LogP contribution in [-0.4, -0.2) is 24.6 Å². The molecule has 0 atom stereocenters. The van der Waals surface area contributed by atoms with Crippen LogP contribution in [0.25, 0.3) is 16.8 Å². The van der Waals surface area contributed by atoms with E-state index in [2.05, 4.69) is 27.1 Å². The largest absolute Gasteiger partial charge is 0.258 e. The van der Waals surface area contributed by atoms with E-state index >= 15 is 0 Å². The maximum atomic E-state index is 6.09. The van der Waals surface area contributed by atoms with E-state index in [4.69, 9.17) is 11.6 Å². The Morgan fingerprint density at radius 1 is 1.29 bits per heavy atom. The van der Waals surface area contributed by atoms with E-state index in [0.29, 0.717) is 10.8 Å². The third-order valence-corrected chi connectivity index (χ3v) is 2.84. The summed E-state index contributed by atoms with van der Waals surface area (Å²) in [5.41, 5.74) is 2.07. The van der Waals surface area contributed by atoms with Gasteiger partial charge in [0.1, 0.15) is 11.3 Å². The molecule has 0 spiro atoms. The summed E-state index contributed by atoms with van der Waals surface area (Å²) in [4.78, 5) is 8.58. The molecule has 0 saturated carbocycles. The van der Waals surface area contributed by atoms with Crippen LogP contribution in [0.1, 0.15) is 19.2 Å². The van der Waals surface area contributed by atoms with Crippen LogP contribution in [0.2, 0.25) is 5.15 Å². The zero-order valence-corrected chi connectivity index (χ0v) is 10.0. The highest BCUT2D eigenvalue weighted by Crippen LogP contribution is 2.20. The van der Waals surface area contributed by atoms with Crippen LogP contribution >= 0.6 is 11.6 Å². The molecule has 0 saturated heterocycles. The highest BCUT2D eigenvalue weighted by molar-refractivity contribution is 6.32. The third kappa shape index (κ3) is 1.54. The van der Waals surface area contributed by atoms with Crippen molar-refractivity contribution in [3.63, 3.8) is 0 Å². The van der Waals surface area contributed by atoms with Crippen molar-refractivity contribution < 1.29 is 0 Å². The van der Waals surface area contributed by atoms with Crippen molar-refractivity contribution in [3.05, 3.63) is 29.3 Å². The molecule has 0 aliphatic heterocycles. The Balaban J connectivity index is 2.47. The lowest BCUT2D eigenvalue weighted by molar-refractivity contribution is 0.822. The number of rotatable bonds is 2. The lowest BCUT2D eigenvalue weighted by atomic mass is 10.3. The summed E-state index contributed by atoms with van der Waals surface area (Å²) in [7, 11) is 0. The molecule has 0 fully saturated rings. The fraction of sp³-hybridized carbons (Fsp3) is 0.273. The first-order chi connectivity index (χ1) is 8.31. The number of fused-ring (bicyclic) bond motifs is 3. The summed E-state index contributed by atoms with van der Waals surface area (Å²) in [6, 6.07) is 3.71. The normalized spacial score (nSPS) is 11.4. The number of aromatic nitrogens is 5. The van der Waals surface area contributed by atoms with Crippen molar-refractivity contribution in [2.45, 2.75) is 19.8 Å². The Labute approximate surface area is 102 Å². The first-order valence-corrected chi connectivity index (χ1v) is 5.83. The molecule has 0 aliphatic rings. The standard InChI is InChI=1S/C11H10ClN5/c1-2-4-8-15-16-11-9(12)14-7-5-3-6-13-10(7)17(8)11/h3,5-6H,2,4H2,1H3. The lowest BCUT2D eigenvalue weighted by Gasteiger charge is -2.03. The van der Waals surface area contributed by atoms with Crippen molar-refractivity contribution in [3.8, 4) is 0 Å². The molecule has 3 heterocycles. The Morgan fingerprint density at radius 2 is 2.18 bits per heavy atom. The minimum absolute atomic E-state index is 0.361. The Morgan fingerprint density at radius 3 is 3.00 bits per heavy atom. The maximum absolute atomic E-state index is 6.09. The molecule has 86 valence electrons. The Hall–Kier alpha value is -1.75. The van der Waals surface area contributed by atoms with Gasteiger partial charge < -0.3 is 0 Å². The molecule has 3 aromatic heterocycles. The average molecular weight is 248 g/mol.